The van der Waals surface area contributed by atoms with E-state index in [1.54, 1.807) is 6.92 Å². The quantitative estimate of drug-likeness (QED) is 0.852. The minimum Gasteiger partial charge on any atom is -0.479 e. The van der Waals surface area contributed by atoms with Crippen molar-refractivity contribution in [3.63, 3.8) is 0 Å². The van der Waals surface area contributed by atoms with Gasteiger partial charge in [-0.3, -0.25) is 0 Å². The summed E-state index contributed by atoms with van der Waals surface area (Å²) in [7, 11) is 0. The first-order valence-electron chi connectivity index (χ1n) is 5.77. The van der Waals surface area contributed by atoms with E-state index in [9.17, 15) is 9.59 Å². The van der Waals surface area contributed by atoms with E-state index in [1.165, 1.54) is 0 Å². The largest absolute Gasteiger partial charge is 0.479 e. The molecule has 0 bridgehead atoms. The Bertz CT molecular complexity index is 459. The van der Waals surface area contributed by atoms with Gasteiger partial charge in [-0.1, -0.05) is 37.3 Å². The minimum absolute atomic E-state index is 0.0562. The van der Waals surface area contributed by atoms with E-state index in [2.05, 4.69) is 5.32 Å². The molecule has 0 aliphatic heterocycles. The molecule has 0 heterocycles. The smallest absolute Gasteiger partial charge is 0.408 e. The van der Waals surface area contributed by atoms with Crippen molar-refractivity contribution in [1.82, 2.24) is 5.32 Å². The third-order valence-corrected chi connectivity index (χ3v) is 3.23. The zero-order valence-corrected chi connectivity index (χ0v) is 10.1. The Morgan fingerprint density at radius 3 is 2.56 bits per heavy atom. The molecule has 5 heteroatoms. The summed E-state index contributed by atoms with van der Waals surface area (Å²) < 4.78 is 4.99. The molecule has 0 aromatic heterocycles. The summed E-state index contributed by atoms with van der Waals surface area (Å²) in [6, 6.07) is 9.23. The zero-order chi connectivity index (χ0) is 13.2. The van der Waals surface area contributed by atoms with Crippen LogP contribution in [0.4, 0.5) is 4.79 Å². The van der Waals surface area contributed by atoms with Crippen LogP contribution < -0.4 is 5.32 Å². The highest BCUT2D eigenvalue weighted by molar-refractivity contribution is 5.88. The maximum atomic E-state index is 11.5. The van der Waals surface area contributed by atoms with Crippen molar-refractivity contribution in [2.45, 2.75) is 25.5 Å². The van der Waals surface area contributed by atoms with Crippen molar-refractivity contribution in [2.75, 3.05) is 0 Å². The molecule has 1 aromatic carbocycles. The summed E-state index contributed by atoms with van der Waals surface area (Å²) in [5.41, 5.74) is -0.269. The molecule has 1 fully saturated rings. The summed E-state index contributed by atoms with van der Waals surface area (Å²) in [5.74, 6) is -1.06. The van der Waals surface area contributed by atoms with Gasteiger partial charge in [0.1, 0.15) is 12.1 Å². The molecule has 1 aliphatic rings. The molecular formula is C13H15NO4. The molecule has 0 spiro atoms. The summed E-state index contributed by atoms with van der Waals surface area (Å²) in [4.78, 5) is 22.6. The second-order valence-electron chi connectivity index (χ2n) is 4.57. The fourth-order valence-corrected chi connectivity index (χ4v) is 1.89. The van der Waals surface area contributed by atoms with Crippen LogP contribution >= 0.6 is 0 Å². The molecule has 5 nitrogen and oxygen atoms in total. The van der Waals surface area contributed by atoms with Crippen LogP contribution in [-0.4, -0.2) is 22.7 Å². The van der Waals surface area contributed by atoms with Crippen molar-refractivity contribution >= 4 is 12.1 Å². The summed E-state index contributed by atoms with van der Waals surface area (Å²) in [6.45, 7) is 1.92. The fraction of sp³-hybridized carbons (Fsp3) is 0.385. The highest BCUT2D eigenvalue weighted by atomic mass is 16.5. The van der Waals surface area contributed by atoms with Crippen LogP contribution in [0, 0.1) is 5.92 Å². The van der Waals surface area contributed by atoms with Gasteiger partial charge < -0.3 is 15.2 Å². The molecule has 96 valence electrons. The summed E-state index contributed by atoms with van der Waals surface area (Å²) >= 11 is 0. The van der Waals surface area contributed by atoms with Gasteiger partial charge in [0.05, 0.1) is 0 Å². The molecule has 1 saturated carbocycles. The van der Waals surface area contributed by atoms with Gasteiger partial charge in [-0.15, -0.1) is 0 Å². The van der Waals surface area contributed by atoms with Gasteiger partial charge in [0.15, 0.2) is 0 Å². The number of hydrogen-bond donors (Lipinski definition) is 2. The second-order valence-corrected chi connectivity index (χ2v) is 4.57. The standard InChI is InChI=1S/C13H15NO4/c1-9-7-13(9,11(15)16)14-12(17)18-8-10-5-3-2-4-6-10/h2-6,9H,7-8H2,1H3,(H,14,17)(H,15,16)/t9-,13-/m1/s1. The molecule has 0 unspecified atom stereocenters. The average Bonchev–Trinajstić information content (AvgIpc) is 3.00. The lowest BCUT2D eigenvalue weighted by Crippen LogP contribution is -2.44. The molecule has 1 aliphatic carbocycles. The van der Waals surface area contributed by atoms with E-state index in [0.717, 1.165) is 5.56 Å². The van der Waals surface area contributed by atoms with Crippen LogP contribution in [-0.2, 0) is 16.1 Å². The van der Waals surface area contributed by atoms with E-state index < -0.39 is 17.6 Å². The normalized spacial score (nSPS) is 25.3. The molecule has 18 heavy (non-hydrogen) atoms. The second kappa shape index (κ2) is 4.68. The number of amides is 1. The first-order valence-corrected chi connectivity index (χ1v) is 5.77. The maximum Gasteiger partial charge on any atom is 0.408 e. The Kier molecular flexibility index (Phi) is 3.23. The van der Waals surface area contributed by atoms with Gasteiger partial charge in [-0.2, -0.15) is 0 Å². The highest BCUT2D eigenvalue weighted by Gasteiger charge is 2.59. The SMILES string of the molecule is C[C@@H]1C[C@]1(NC(=O)OCc1ccccc1)C(=O)O. The summed E-state index contributed by atoms with van der Waals surface area (Å²) in [6.07, 6.45) is -0.242. The van der Waals surface area contributed by atoms with E-state index in [-0.39, 0.29) is 12.5 Å². The van der Waals surface area contributed by atoms with E-state index in [0.29, 0.717) is 6.42 Å². The number of carboxylic acids is 1. The first-order chi connectivity index (χ1) is 8.54. The average molecular weight is 249 g/mol. The number of aliphatic carboxylic acids is 1. The number of benzene rings is 1. The predicted octanol–water partition coefficient (Wildman–Crippen LogP) is 1.78. The van der Waals surface area contributed by atoms with Crippen LogP contribution in [0.25, 0.3) is 0 Å². The Hall–Kier alpha value is -2.04. The van der Waals surface area contributed by atoms with Crippen molar-refractivity contribution in [1.29, 1.82) is 0 Å². The molecule has 2 N–H and O–H groups in total. The third-order valence-electron chi connectivity index (χ3n) is 3.23. The van der Waals surface area contributed by atoms with Crippen molar-refractivity contribution in [3.05, 3.63) is 35.9 Å². The maximum absolute atomic E-state index is 11.5. The van der Waals surface area contributed by atoms with E-state index in [1.807, 2.05) is 30.3 Å². The number of carbonyl (C=O) groups excluding carboxylic acids is 1. The van der Waals surface area contributed by atoms with Crippen LogP contribution in [0.2, 0.25) is 0 Å². The number of carboxylic acid groups (broad SMARTS) is 1. The van der Waals surface area contributed by atoms with Gasteiger partial charge in [0, 0.05) is 0 Å². The number of ether oxygens (including phenoxy) is 1. The Balaban J connectivity index is 1.85. The lowest BCUT2D eigenvalue weighted by atomic mass is 10.2. The topological polar surface area (TPSA) is 75.6 Å². The third kappa shape index (κ3) is 2.45. The molecule has 2 atom stereocenters. The lowest BCUT2D eigenvalue weighted by molar-refractivity contribution is -0.141. The molecule has 1 aromatic rings. The molecule has 1 amide bonds. The molecule has 0 radical (unpaired) electrons. The van der Waals surface area contributed by atoms with Gasteiger partial charge in [-0.25, -0.2) is 9.59 Å². The van der Waals surface area contributed by atoms with Gasteiger partial charge in [0.25, 0.3) is 0 Å². The van der Waals surface area contributed by atoms with Crippen LogP contribution in [0.1, 0.15) is 18.9 Å². The van der Waals surface area contributed by atoms with E-state index in [4.69, 9.17) is 9.84 Å². The number of hydrogen-bond acceptors (Lipinski definition) is 3. The van der Waals surface area contributed by atoms with Crippen molar-refractivity contribution < 1.29 is 19.4 Å². The Morgan fingerprint density at radius 1 is 1.44 bits per heavy atom. The molecule has 2 rings (SSSR count). The monoisotopic (exact) mass is 249 g/mol. The Labute approximate surface area is 105 Å². The van der Waals surface area contributed by atoms with Gasteiger partial charge in [0.2, 0.25) is 0 Å². The lowest BCUT2D eigenvalue weighted by Gasteiger charge is -2.13. The van der Waals surface area contributed by atoms with Crippen LogP contribution in [0.5, 0.6) is 0 Å². The number of alkyl carbamates (subject to hydrolysis) is 1. The summed E-state index contributed by atoms with van der Waals surface area (Å²) in [5, 5.41) is 11.5. The van der Waals surface area contributed by atoms with Gasteiger partial charge in [-0.05, 0) is 17.9 Å². The number of nitrogens with one attached hydrogen (secondary N) is 1. The van der Waals surface area contributed by atoms with Gasteiger partial charge >= 0.3 is 12.1 Å². The zero-order valence-electron chi connectivity index (χ0n) is 10.1. The van der Waals surface area contributed by atoms with Crippen molar-refractivity contribution in [3.8, 4) is 0 Å². The first kappa shape index (κ1) is 12.4. The number of rotatable bonds is 4. The van der Waals surface area contributed by atoms with Crippen LogP contribution in [0.15, 0.2) is 30.3 Å². The Morgan fingerprint density at radius 2 is 2.06 bits per heavy atom. The fourth-order valence-electron chi connectivity index (χ4n) is 1.89. The van der Waals surface area contributed by atoms with Crippen molar-refractivity contribution in [2.24, 2.45) is 5.92 Å². The van der Waals surface area contributed by atoms with E-state index >= 15 is 0 Å². The highest BCUT2D eigenvalue weighted by Crippen LogP contribution is 2.43. The molecule has 0 saturated heterocycles. The molecular weight excluding hydrogens is 234 g/mol. The van der Waals surface area contributed by atoms with Crippen LogP contribution in [0.3, 0.4) is 0 Å². The minimum atomic E-state index is -1.13. The predicted molar refractivity (Wildman–Crippen MR) is 63.9 cm³/mol. The number of carbonyl (C=O) groups is 2.